The van der Waals surface area contributed by atoms with Gasteiger partial charge in [-0.1, -0.05) is 121 Å². The summed E-state index contributed by atoms with van der Waals surface area (Å²) in [5, 5.41) is 10.6. The molecule has 10 rings (SSSR count). The van der Waals surface area contributed by atoms with Crippen molar-refractivity contribution >= 4 is 65.2 Å². The topological polar surface area (TPSA) is 38.9 Å². The van der Waals surface area contributed by atoms with Crippen LogP contribution in [0.5, 0.6) is 0 Å². The van der Waals surface area contributed by atoms with Gasteiger partial charge in [-0.25, -0.2) is 9.97 Å². The van der Waals surface area contributed by atoms with Crippen LogP contribution in [0.3, 0.4) is 0 Å². The summed E-state index contributed by atoms with van der Waals surface area (Å²) in [5.74, 6) is 0.716. The third-order valence-corrected chi connectivity index (χ3v) is 9.22. The molecule has 208 valence electrons. The van der Waals surface area contributed by atoms with E-state index in [1.54, 1.807) is 0 Å². The van der Waals surface area contributed by atoms with Gasteiger partial charge in [-0.05, 0) is 62.3 Å². The van der Waals surface area contributed by atoms with E-state index in [1.807, 2.05) is 6.07 Å². The van der Waals surface area contributed by atoms with Crippen molar-refractivity contribution in [3.63, 3.8) is 0 Å². The highest BCUT2D eigenvalue weighted by Gasteiger charge is 2.19. The van der Waals surface area contributed by atoms with E-state index in [-0.39, 0.29) is 0 Å². The Kier molecular flexibility index (Phi) is 5.00. The molecule has 0 saturated heterocycles. The molecule has 45 heavy (non-hydrogen) atoms. The van der Waals surface area contributed by atoms with Crippen LogP contribution in [0.15, 0.2) is 150 Å². The maximum Gasteiger partial charge on any atom is 0.160 e. The van der Waals surface area contributed by atoms with Gasteiger partial charge in [0.25, 0.3) is 0 Å². The summed E-state index contributed by atoms with van der Waals surface area (Å²) in [6.45, 7) is 0. The first-order valence-electron chi connectivity index (χ1n) is 15.3. The number of hydrogen-bond acceptors (Lipinski definition) is 3. The summed E-state index contributed by atoms with van der Waals surface area (Å²) >= 11 is 0. The molecule has 0 amide bonds. The number of fused-ring (bicyclic) bond motifs is 6. The Morgan fingerprint density at radius 2 is 1.04 bits per heavy atom. The molecular formula is C42H24N2O. The van der Waals surface area contributed by atoms with Crippen LogP contribution in [0.2, 0.25) is 0 Å². The fraction of sp³-hybridized carbons (Fsp3) is 0. The first-order valence-corrected chi connectivity index (χ1v) is 15.3. The van der Waals surface area contributed by atoms with Gasteiger partial charge in [-0.3, -0.25) is 0 Å². The second-order valence-corrected chi connectivity index (χ2v) is 11.7. The molecule has 2 aromatic heterocycles. The van der Waals surface area contributed by atoms with E-state index in [0.717, 1.165) is 49.8 Å². The molecule has 0 atom stereocenters. The van der Waals surface area contributed by atoms with Gasteiger partial charge in [0.05, 0.1) is 11.2 Å². The van der Waals surface area contributed by atoms with Crippen molar-refractivity contribution in [2.24, 2.45) is 0 Å². The summed E-state index contributed by atoms with van der Waals surface area (Å²) in [5.41, 5.74) is 8.13. The Hall–Kier alpha value is -6.06. The van der Waals surface area contributed by atoms with Gasteiger partial charge in [0.15, 0.2) is 5.82 Å². The summed E-state index contributed by atoms with van der Waals surface area (Å²) < 4.78 is 6.30. The molecule has 0 spiro atoms. The summed E-state index contributed by atoms with van der Waals surface area (Å²) in [6.07, 6.45) is 0. The highest BCUT2D eigenvalue weighted by atomic mass is 16.3. The van der Waals surface area contributed by atoms with E-state index in [9.17, 15) is 0 Å². The maximum atomic E-state index is 6.30. The lowest BCUT2D eigenvalue weighted by Crippen LogP contribution is -1.96. The molecular weight excluding hydrogens is 548 g/mol. The minimum Gasteiger partial charge on any atom is -0.456 e. The van der Waals surface area contributed by atoms with Gasteiger partial charge >= 0.3 is 0 Å². The Labute approximate surface area is 258 Å². The molecule has 8 aromatic carbocycles. The molecule has 0 aliphatic rings. The van der Waals surface area contributed by atoms with Crippen molar-refractivity contribution in [2.45, 2.75) is 0 Å². The molecule has 2 heterocycles. The third kappa shape index (κ3) is 3.52. The average molecular weight is 573 g/mol. The van der Waals surface area contributed by atoms with E-state index in [0.29, 0.717) is 5.82 Å². The predicted octanol–water partition coefficient (Wildman–Crippen LogP) is 11.4. The second kappa shape index (κ2) is 9.22. The van der Waals surface area contributed by atoms with Gasteiger partial charge in [0, 0.05) is 32.7 Å². The minimum absolute atomic E-state index is 0.716. The highest BCUT2D eigenvalue weighted by Crippen LogP contribution is 2.45. The smallest absolute Gasteiger partial charge is 0.160 e. The zero-order chi connectivity index (χ0) is 29.5. The monoisotopic (exact) mass is 572 g/mol. The molecule has 0 aliphatic heterocycles. The van der Waals surface area contributed by atoms with Crippen molar-refractivity contribution in [3.05, 3.63) is 146 Å². The molecule has 0 N–H and O–H groups in total. The zero-order valence-corrected chi connectivity index (χ0v) is 24.2. The van der Waals surface area contributed by atoms with Crippen molar-refractivity contribution in [3.8, 4) is 33.8 Å². The first-order chi connectivity index (χ1) is 22.3. The number of furan rings is 1. The SMILES string of the molecule is c1ccc(-c2nc(-c3cccc(-c4cccc5c6cccc7oc8cccc(c45)c8c76)c3)nc3c2ccc2ccccc23)cc1. The van der Waals surface area contributed by atoms with Gasteiger partial charge in [-0.15, -0.1) is 0 Å². The molecule has 0 aliphatic carbocycles. The van der Waals surface area contributed by atoms with Crippen molar-refractivity contribution in [1.82, 2.24) is 9.97 Å². The van der Waals surface area contributed by atoms with E-state index in [4.69, 9.17) is 14.4 Å². The third-order valence-electron chi connectivity index (χ3n) is 9.22. The standard InChI is InChI=1S/C42H24N2O/c1-2-11-26(12-3-1)40-34-23-22-25-10-4-5-15-30(25)41(34)44-42(43-40)28-14-6-13-27(24-28)29-16-7-17-31-32-18-8-20-35-38(32)39-33(37(29)31)19-9-21-36(39)45-35/h1-24H. The lowest BCUT2D eigenvalue weighted by Gasteiger charge is -2.14. The fourth-order valence-electron chi connectivity index (χ4n) is 7.24. The molecule has 3 nitrogen and oxygen atoms in total. The van der Waals surface area contributed by atoms with E-state index >= 15 is 0 Å². The van der Waals surface area contributed by atoms with Crippen molar-refractivity contribution in [2.75, 3.05) is 0 Å². The van der Waals surface area contributed by atoms with Crippen molar-refractivity contribution in [1.29, 1.82) is 0 Å². The zero-order valence-electron chi connectivity index (χ0n) is 24.2. The number of nitrogens with zero attached hydrogens (tertiary/aromatic N) is 2. The Balaban J connectivity index is 1.25. The number of aromatic nitrogens is 2. The van der Waals surface area contributed by atoms with Gasteiger partial charge in [0.2, 0.25) is 0 Å². The molecule has 3 heteroatoms. The van der Waals surface area contributed by atoms with E-state index in [1.165, 1.54) is 43.3 Å². The van der Waals surface area contributed by atoms with Crippen molar-refractivity contribution < 1.29 is 4.42 Å². The van der Waals surface area contributed by atoms with Crippen LogP contribution in [0.4, 0.5) is 0 Å². The normalized spacial score (nSPS) is 12.0. The second-order valence-electron chi connectivity index (χ2n) is 11.7. The summed E-state index contributed by atoms with van der Waals surface area (Å²) in [7, 11) is 0. The predicted molar refractivity (Wildman–Crippen MR) is 187 cm³/mol. The number of benzene rings is 8. The van der Waals surface area contributed by atoms with Crippen LogP contribution in [0.25, 0.3) is 98.9 Å². The fourth-order valence-corrected chi connectivity index (χ4v) is 7.24. The average Bonchev–Trinajstić information content (AvgIpc) is 3.50. The van der Waals surface area contributed by atoms with Crippen LogP contribution in [-0.2, 0) is 0 Å². The van der Waals surface area contributed by atoms with Gasteiger partial charge in [-0.2, -0.15) is 0 Å². The maximum absolute atomic E-state index is 6.30. The van der Waals surface area contributed by atoms with E-state index in [2.05, 4.69) is 140 Å². The number of rotatable bonds is 3. The quantitative estimate of drug-likeness (QED) is 0.198. The lowest BCUT2D eigenvalue weighted by atomic mass is 9.89. The molecule has 0 saturated carbocycles. The molecule has 0 bridgehead atoms. The molecule has 10 aromatic rings. The van der Waals surface area contributed by atoms with Gasteiger partial charge in [0.1, 0.15) is 11.2 Å². The van der Waals surface area contributed by atoms with Crippen LogP contribution in [0, 0.1) is 0 Å². The van der Waals surface area contributed by atoms with Crippen LogP contribution >= 0.6 is 0 Å². The Bertz CT molecular complexity index is 2760. The largest absolute Gasteiger partial charge is 0.456 e. The molecule has 0 unspecified atom stereocenters. The minimum atomic E-state index is 0.716. The molecule has 0 fully saturated rings. The Morgan fingerprint density at radius 3 is 1.91 bits per heavy atom. The van der Waals surface area contributed by atoms with E-state index < -0.39 is 0 Å². The lowest BCUT2D eigenvalue weighted by molar-refractivity contribution is 0.669. The Morgan fingerprint density at radius 1 is 0.400 bits per heavy atom. The van der Waals surface area contributed by atoms with Crippen LogP contribution < -0.4 is 0 Å². The summed E-state index contributed by atoms with van der Waals surface area (Å²) in [6, 6.07) is 51.3. The number of hydrogen-bond donors (Lipinski definition) is 0. The van der Waals surface area contributed by atoms with Crippen LogP contribution in [-0.4, -0.2) is 9.97 Å². The van der Waals surface area contributed by atoms with Crippen LogP contribution in [0.1, 0.15) is 0 Å². The van der Waals surface area contributed by atoms with Gasteiger partial charge < -0.3 is 4.42 Å². The first kappa shape index (κ1) is 24.4. The summed E-state index contributed by atoms with van der Waals surface area (Å²) in [4.78, 5) is 10.5. The molecule has 0 radical (unpaired) electrons. The highest BCUT2D eigenvalue weighted by molar-refractivity contribution is 6.34.